The Morgan fingerprint density at radius 1 is 1.19 bits per heavy atom. The van der Waals surface area contributed by atoms with Gasteiger partial charge in [0.25, 0.3) is 5.56 Å². The van der Waals surface area contributed by atoms with Crippen LogP contribution in [0.2, 0.25) is 0 Å². The molecule has 1 aromatic carbocycles. The van der Waals surface area contributed by atoms with Gasteiger partial charge in [-0.2, -0.15) is 4.98 Å². The van der Waals surface area contributed by atoms with Gasteiger partial charge in [0.15, 0.2) is 9.84 Å². The second kappa shape index (κ2) is 5.69. The molecule has 0 saturated carbocycles. The molecule has 1 N–H and O–H groups in total. The quantitative estimate of drug-likeness (QED) is 0.934. The summed E-state index contributed by atoms with van der Waals surface area (Å²) >= 11 is 0. The lowest BCUT2D eigenvalue weighted by atomic mass is 10.2. The maximum Gasteiger partial charge on any atom is 0.254 e. The van der Waals surface area contributed by atoms with Crippen LogP contribution in [0.3, 0.4) is 0 Å². The molecule has 0 spiro atoms. The summed E-state index contributed by atoms with van der Waals surface area (Å²) in [7, 11) is -3.24. The minimum absolute atomic E-state index is 0.0638. The highest BCUT2D eigenvalue weighted by Crippen LogP contribution is 2.21. The molecule has 112 valence electrons. The van der Waals surface area contributed by atoms with Crippen molar-refractivity contribution < 1.29 is 13.2 Å². The van der Waals surface area contributed by atoms with Gasteiger partial charge in [0, 0.05) is 12.2 Å². The van der Waals surface area contributed by atoms with Crippen molar-refractivity contribution in [3.8, 4) is 11.6 Å². The number of aromatic nitrogens is 2. The number of H-pyrrole nitrogens is 1. The topological polar surface area (TPSA) is 89.1 Å². The minimum Gasteiger partial charge on any atom is -0.439 e. The van der Waals surface area contributed by atoms with Gasteiger partial charge in [0.1, 0.15) is 11.6 Å². The summed E-state index contributed by atoms with van der Waals surface area (Å²) in [5, 5.41) is 0. The number of hydrogen-bond acceptors (Lipinski definition) is 5. The van der Waals surface area contributed by atoms with Crippen LogP contribution >= 0.6 is 0 Å². The number of nitrogens with one attached hydrogen (secondary N) is 1. The first-order valence-electron chi connectivity index (χ1n) is 6.35. The number of ether oxygens (including phenoxy) is 1. The Morgan fingerprint density at radius 3 is 2.33 bits per heavy atom. The lowest BCUT2D eigenvalue weighted by Crippen LogP contribution is -2.11. The monoisotopic (exact) mass is 308 g/mol. The molecule has 21 heavy (non-hydrogen) atoms. The van der Waals surface area contributed by atoms with Gasteiger partial charge in [-0.15, -0.1) is 0 Å². The van der Waals surface area contributed by atoms with E-state index in [1.54, 1.807) is 0 Å². The van der Waals surface area contributed by atoms with Crippen LogP contribution in [0.1, 0.15) is 25.6 Å². The van der Waals surface area contributed by atoms with E-state index >= 15 is 0 Å². The second-order valence-corrected chi connectivity index (χ2v) is 6.98. The number of nitrogens with zero attached hydrogens (tertiary/aromatic N) is 1. The van der Waals surface area contributed by atoms with Crippen molar-refractivity contribution in [3.05, 3.63) is 46.5 Å². The Bertz CT molecular complexity index is 792. The predicted octanol–water partition coefficient (Wildman–Crippen LogP) is 2.09. The van der Waals surface area contributed by atoms with Crippen molar-refractivity contribution in [2.24, 2.45) is 0 Å². The van der Waals surface area contributed by atoms with Gasteiger partial charge in [-0.25, -0.2) is 8.42 Å². The molecule has 0 aliphatic carbocycles. The van der Waals surface area contributed by atoms with Crippen molar-refractivity contribution >= 4 is 9.84 Å². The standard InChI is InChI=1S/C14H16N2O4S/c1-9(2)14-15-12(17)8-13(16-14)20-10-4-6-11(7-5-10)21(3,18)19/h4-9H,1-3H3,(H,15,16,17). The number of benzene rings is 1. The van der Waals surface area contributed by atoms with Crippen LogP contribution in [0.5, 0.6) is 11.6 Å². The number of rotatable bonds is 4. The Hall–Kier alpha value is -2.15. The lowest BCUT2D eigenvalue weighted by molar-refractivity contribution is 0.455. The summed E-state index contributed by atoms with van der Waals surface area (Å²) in [4.78, 5) is 18.6. The molecule has 0 fully saturated rings. The highest BCUT2D eigenvalue weighted by Gasteiger charge is 2.09. The van der Waals surface area contributed by atoms with Crippen LogP contribution in [-0.2, 0) is 9.84 Å². The Morgan fingerprint density at radius 2 is 1.81 bits per heavy atom. The van der Waals surface area contributed by atoms with Gasteiger partial charge in [0.05, 0.1) is 11.0 Å². The average molecular weight is 308 g/mol. The van der Waals surface area contributed by atoms with E-state index in [0.29, 0.717) is 11.6 Å². The molecule has 0 aliphatic rings. The number of aromatic amines is 1. The highest BCUT2D eigenvalue weighted by atomic mass is 32.2. The zero-order chi connectivity index (χ0) is 15.6. The zero-order valence-corrected chi connectivity index (χ0v) is 12.8. The molecule has 0 amide bonds. The Kier molecular flexibility index (Phi) is 4.13. The Labute approximate surface area is 122 Å². The van der Waals surface area contributed by atoms with Gasteiger partial charge >= 0.3 is 0 Å². The van der Waals surface area contributed by atoms with Crippen LogP contribution < -0.4 is 10.3 Å². The largest absolute Gasteiger partial charge is 0.439 e. The first kappa shape index (κ1) is 15.2. The second-order valence-electron chi connectivity index (χ2n) is 4.97. The van der Waals surface area contributed by atoms with Gasteiger partial charge in [-0.3, -0.25) is 4.79 Å². The first-order chi connectivity index (χ1) is 9.75. The van der Waals surface area contributed by atoms with Gasteiger partial charge in [-0.1, -0.05) is 13.8 Å². The van der Waals surface area contributed by atoms with E-state index in [4.69, 9.17) is 4.74 Å². The molecule has 6 nitrogen and oxygen atoms in total. The molecule has 0 atom stereocenters. The molecule has 0 saturated heterocycles. The summed E-state index contributed by atoms with van der Waals surface area (Å²) in [6.07, 6.45) is 1.13. The van der Waals surface area contributed by atoms with E-state index in [9.17, 15) is 13.2 Å². The molecule has 7 heteroatoms. The summed E-state index contributed by atoms with van der Waals surface area (Å²) in [6, 6.07) is 7.18. The van der Waals surface area contributed by atoms with Crippen molar-refractivity contribution in [3.63, 3.8) is 0 Å². The molecular weight excluding hydrogens is 292 g/mol. The van der Waals surface area contributed by atoms with Crippen molar-refractivity contribution in [2.45, 2.75) is 24.7 Å². The van der Waals surface area contributed by atoms with E-state index in [1.165, 1.54) is 30.3 Å². The van der Waals surface area contributed by atoms with Crippen LogP contribution in [0.4, 0.5) is 0 Å². The van der Waals surface area contributed by atoms with E-state index in [-0.39, 0.29) is 22.3 Å². The smallest absolute Gasteiger partial charge is 0.254 e. The fraction of sp³-hybridized carbons (Fsp3) is 0.286. The van der Waals surface area contributed by atoms with E-state index in [0.717, 1.165) is 6.26 Å². The summed E-state index contributed by atoms with van der Waals surface area (Å²) in [5.41, 5.74) is -0.295. The summed E-state index contributed by atoms with van der Waals surface area (Å²) in [5.74, 6) is 1.18. The van der Waals surface area contributed by atoms with Crippen molar-refractivity contribution in [1.82, 2.24) is 9.97 Å². The zero-order valence-electron chi connectivity index (χ0n) is 12.0. The van der Waals surface area contributed by atoms with Crippen LogP contribution in [-0.4, -0.2) is 24.6 Å². The molecule has 0 radical (unpaired) electrons. The molecular formula is C14H16N2O4S. The van der Waals surface area contributed by atoms with Gasteiger partial charge in [0.2, 0.25) is 5.88 Å². The maximum absolute atomic E-state index is 11.5. The third kappa shape index (κ3) is 3.91. The average Bonchev–Trinajstić information content (AvgIpc) is 2.37. The van der Waals surface area contributed by atoms with Crippen molar-refractivity contribution in [2.75, 3.05) is 6.26 Å². The molecule has 0 aliphatic heterocycles. The maximum atomic E-state index is 11.5. The fourth-order valence-corrected chi connectivity index (χ4v) is 2.29. The molecule has 2 aromatic rings. The lowest BCUT2D eigenvalue weighted by Gasteiger charge is -2.08. The van der Waals surface area contributed by atoms with Crippen molar-refractivity contribution in [1.29, 1.82) is 0 Å². The van der Waals surface area contributed by atoms with Crippen LogP contribution in [0.25, 0.3) is 0 Å². The molecule has 0 unspecified atom stereocenters. The van der Waals surface area contributed by atoms with Gasteiger partial charge < -0.3 is 9.72 Å². The third-order valence-electron chi connectivity index (χ3n) is 2.76. The fourth-order valence-electron chi connectivity index (χ4n) is 1.65. The first-order valence-corrected chi connectivity index (χ1v) is 8.24. The van der Waals surface area contributed by atoms with Crippen LogP contribution in [0.15, 0.2) is 40.0 Å². The highest BCUT2D eigenvalue weighted by molar-refractivity contribution is 7.90. The molecule has 2 rings (SSSR count). The predicted molar refractivity (Wildman–Crippen MR) is 78.6 cm³/mol. The van der Waals surface area contributed by atoms with E-state index in [2.05, 4.69) is 9.97 Å². The number of hydrogen-bond donors (Lipinski definition) is 1. The summed E-state index contributed by atoms with van der Waals surface area (Å²) in [6.45, 7) is 3.81. The van der Waals surface area contributed by atoms with E-state index in [1.807, 2.05) is 13.8 Å². The minimum atomic E-state index is -3.24. The summed E-state index contributed by atoms with van der Waals surface area (Å²) < 4.78 is 28.2. The van der Waals surface area contributed by atoms with E-state index < -0.39 is 9.84 Å². The third-order valence-corrected chi connectivity index (χ3v) is 3.89. The molecule has 1 heterocycles. The SMILES string of the molecule is CC(C)c1nc(Oc2ccc(S(C)(=O)=O)cc2)cc(=O)[nH]1. The Balaban J connectivity index is 2.28. The van der Waals surface area contributed by atoms with Crippen LogP contribution in [0, 0.1) is 0 Å². The molecule has 1 aromatic heterocycles. The normalized spacial score (nSPS) is 11.6. The number of sulfone groups is 1. The molecule has 0 bridgehead atoms. The van der Waals surface area contributed by atoms with Gasteiger partial charge in [-0.05, 0) is 24.3 Å².